The Balaban J connectivity index is 1.31. The average molecular weight is 548 g/mol. The zero-order valence-electron chi connectivity index (χ0n) is 23.9. The molecule has 0 N–H and O–H groups in total. The highest BCUT2D eigenvalue weighted by atomic mass is 32.2. The molecule has 1 aromatic heterocycles. The number of benzene rings is 2. The van der Waals surface area contributed by atoms with Crippen molar-refractivity contribution in [3.05, 3.63) is 71.5 Å². The number of piperazine rings is 1. The molecular formula is C31H41N5O2S. The molecule has 208 valence electrons. The Bertz CT molecular complexity index is 1270. The third-order valence-corrected chi connectivity index (χ3v) is 8.18. The number of hydrogen-bond donors (Lipinski definition) is 0. The number of aryl methyl sites for hydroxylation is 1. The average Bonchev–Trinajstić information content (AvgIpc) is 3.30. The molecule has 2 amide bonds. The summed E-state index contributed by atoms with van der Waals surface area (Å²) < 4.78 is 2.18. The van der Waals surface area contributed by atoms with Gasteiger partial charge in [0.25, 0.3) is 0 Å². The summed E-state index contributed by atoms with van der Waals surface area (Å²) >= 11 is 1.70. The Morgan fingerprint density at radius 2 is 1.69 bits per heavy atom. The fourth-order valence-corrected chi connectivity index (χ4v) is 5.92. The predicted octanol–water partition coefficient (Wildman–Crippen LogP) is 5.53. The van der Waals surface area contributed by atoms with Crippen molar-refractivity contribution in [1.29, 1.82) is 0 Å². The van der Waals surface area contributed by atoms with Crippen LogP contribution in [-0.4, -0.2) is 67.8 Å². The van der Waals surface area contributed by atoms with E-state index >= 15 is 0 Å². The van der Waals surface area contributed by atoms with Gasteiger partial charge in [-0.3, -0.25) is 14.2 Å². The third-order valence-electron chi connectivity index (χ3n) is 7.16. The van der Waals surface area contributed by atoms with Crippen LogP contribution in [0.1, 0.15) is 63.9 Å². The summed E-state index contributed by atoms with van der Waals surface area (Å²) in [4.78, 5) is 29.4. The number of aromatic nitrogens is 3. The van der Waals surface area contributed by atoms with E-state index in [0.29, 0.717) is 32.5 Å². The molecule has 1 aliphatic heterocycles. The largest absolute Gasteiger partial charge is 0.339 e. The van der Waals surface area contributed by atoms with Gasteiger partial charge in [-0.25, -0.2) is 0 Å². The van der Waals surface area contributed by atoms with Crippen LogP contribution in [0.3, 0.4) is 0 Å². The first-order valence-electron chi connectivity index (χ1n) is 13.9. The van der Waals surface area contributed by atoms with Crippen LogP contribution in [0, 0.1) is 12.3 Å². The van der Waals surface area contributed by atoms with Gasteiger partial charge in [0.2, 0.25) is 11.8 Å². The highest BCUT2D eigenvalue weighted by Crippen LogP contribution is 2.27. The van der Waals surface area contributed by atoms with E-state index in [9.17, 15) is 9.59 Å². The van der Waals surface area contributed by atoms with Crippen LogP contribution in [-0.2, 0) is 16.0 Å². The minimum absolute atomic E-state index is 0.0443. The van der Waals surface area contributed by atoms with Crippen molar-refractivity contribution in [3.63, 3.8) is 0 Å². The van der Waals surface area contributed by atoms with Crippen LogP contribution in [0.2, 0.25) is 0 Å². The highest BCUT2D eigenvalue weighted by Gasteiger charge is 2.34. The first-order chi connectivity index (χ1) is 18.6. The van der Waals surface area contributed by atoms with Crippen molar-refractivity contribution in [3.8, 4) is 5.69 Å². The molecular weight excluding hydrogens is 506 g/mol. The van der Waals surface area contributed by atoms with Crippen LogP contribution in [0.15, 0.2) is 59.8 Å². The van der Waals surface area contributed by atoms with Crippen LogP contribution in [0.4, 0.5) is 0 Å². The Hall–Kier alpha value is -3.13. The third kappa shape index (κ3) is 7.29. The number of amides is 2. The minimum atomic E-state index is -0.399. The molecule has 1 unspecified atom stereocenters. The van der Waals surface area contributed by atoms with Gasteiger partial charge < -0.3 is 9.80 Å². The standard InChI is InChI=1S/C31H41N5O2S/c1-23-13-9-10-16-26(23)36-27(21-25-14-7-6-8-15-25)32-33-30(36)39-20-12-11-17-28(37)34-18-19-35(24(2)22-34)29(38)31(3,4)5/h6-10,13-16,24H,11-12,17-22H2,1-5H3. The number of hydrogen-bond acceptors (Lipinski definition) is 5. The fraction of sp³-hybridized carbons (Fsp3) is 0.484. The normalized spacial score (nSPS) is 16.0. The predicted molar refractivity (Wildman–Crippen MR) is 157 cm³/mol. The minimum Gasteiger partial charge on any atom is -0.339 e. The fourth-order valence-electron chi connectivity index (χ4n) is 4.96. The van der Waals surface area contributed by atoms with Crippen molar-refractivity contribution < 1.29 is 9.59 Å². The Morgan fingerprint density at radius 3 is 2.38 bits per heavy atom. The quantitative estimate of drug-likeness (QED) is 0.260. The zero-order chi connectivity index (χ0) is 28.0. The first kappa shape index (κ1) is 28.9. The molecule has 8 heteroatoms. The lowest BCUT2D eigenvalue weighted by molar-refractivity contribution is -0.148. The van der Waals surface area contributed by atoms with Gasteiger partial charge >= 0.3 is 0 Å². The second kappa shape index (κ2) is 12.8. The number of nitrogens with zero attached hydrogens (tertiary/aromatic N) is 5. The molecule has 1 aliphatic rings. The molecule has 0 radical (unpaired) electrons. The van der Waals surface area contributed by atoms with Crippen molar-refractivity contribution >= 4 is 23.6 Å². The molecule has 7 nitrogen and oxygen atoms in total. The Labute approximate surface area is 237 Å². The number of carbonyl (C=O) groups is 2. The van der Waals surface area contributed by atoms with Crippen molar-refractivity contribution in [2.75, 3.05) is 25.4 Å². The lowest BCUT2D eigenvalue weighted by Crippen LogP contribution is -2.57. The maximum atomic E-state index is 12.9. The van der Waals surface area contributed by atoms with E-state index in [1.807, 2.05) is 67.8 Å². The Morgan fingerprint density at radius 1 is 0.974 bits per heavy atom. The molecule has 2 heterocycles. The molecule has 3 aromatic rings. The molecule has 39 heavy (non-hydrogen) atoms. The van der Waals surface area contributed by atoms with E-state index in [1.54, 1.807) is 11.8 Å². The van der Waals surface area contributed by atoms with Crippen molar-refractivity contribution in [2.24, 2.45) is 5.41 Å². The Kier molecular flexibility index (Phi) is 9.49. The van der Waals surface area contributed by atoms with Gasteiger partial charge in [0, 0.05) is 49.7 Å². The van der Waals surface area contributed by atoms with Crippen LogP contribution in [0.25, 0.3) is 5.69 Å². The van der Waals surface area contributed by atoms with Crippen LogP contribution >= 0.6 is 11.8 Å². The topological polar surface area (TPSA) is 71.3 Å². The van der Waals surface area contributed by atoms with Gasteiger partial charge in [-0.1, -0.05) is 81.1 Å². The summed E-state index contributed by atoms with van der Waals surface area (Å²) in [7, 11) is 0. The van der Waals surface area contributed by atoms with Crippen molar-refractivity contribution in [2.45, 2.75) is 71.5 Å². The summed E-state index contributed by atoms with van der Waals surface area (Å²) in [6.07, 6.45) is 2.99. The SMILES string of the molecule is Cc1ccccc1-n1c(Cc2ccccc2)nnc1SCCCCC(=O)N1CCN(C(=O)C(C)(C)C)C(C)C1. The van der Waals surface area contributed by atoms with E-state index in [1.165, 1.54) is 11.1 Å². The summed E-state index contributed by atoms with van der Waals surface area (Å²) in [5, 5.41) is 10.00. The molecule has 1 fully saturated rings. The van der Waals surface area contributed by atoms with E-state index < -0.39 is 5.41 Å². The molecule has 0 spiro atoms. The number of thioether (sulfide) groups is 1. The van der Waals surface area contributed by atoms with Gasteiger partial charge in [0.1, 0.15) is 5.82 Å². The van der Waals surface area contributed by atoms with Gasteiger partial charge in [0.05, 0.1) is 5.69 Å². The second-order valence-electron chi connectivity index (χ2n) is 11.4. The number of carbonyl (C=O) groups excluding carboxylic acids is 2. The lowest BCUT2D eigenvalue weighted by Gasteiger charge is -2.42. The van der Waals surface area contributed by atoms with E-state index in [0.717, 1.165) is 35.3 Å². The lowest BCUT2D eigenvalue weighted by atomic mass is 9.93. The highest BCUT2D eigenvalue weighted by molar-refractivity contribution is 7.99. The summed E-state index contributed by atoms with van der Waals surface area (Å²) in [6, 6.07) is 18.7. The number of para-hydroxylation sites is 1. The van der Waals surface area contributed by atoms with Gasteiger partial charge in [0.15, 0.2) is 5.16 Å². The summed E-state index contributed by atoms with van der Waals surface area (Å²) in [5.74, 6) is 2.13. The van der Waals surface area contributed by atoms with E-state index in [-0.39, 0.29) is 17.9 Å². The van der Waals surface area contributed by atoms with Gasteiger partial charge in [-0.15, -0.1) is 10.2 Å². The van der Waals surface area contributed by atoms with Crippen LogP contribution in [0.5, 0.6) is 0 Å². The van der Waals surface area contributed by atoms with Crippen LogP contribution < -0.4 is 0 Å². The smallest absolute Gasteiger partial charge is 0.228 e. The van der Waals surface area contributed by atoms with Gasteiger partial charge in [-0.05, 0) is 43.9 Å². The number of unbranched alkanes of at least 4 members (excludes halogenated alkanes) is 1. The monoisotopic (exact) mass is 547 g/mol. The molecule has 0 bridgehead atoms. The number of rotatable bonds is 9. The molecule has 4 rings (SSSR count). The molecule has 0 aliphatic carbocycles. The maximum absolute atomic E-state index is 12.9. The maximum Gasteiger partial charge on any atom is 0.228 e. The summed E-state index contributed by atoms with van der Waals surface area (Å²) in [6.45, 7) is 11.8. The van der Waals surface area contributed by atoms with Crippen molar-refractivity contribution in [1.82, 2.24) is 24.6 Å². The molecule has 2 aromatic carbocycles. The summed E-state index contributed by atoms with van der Waals surface area (Å²) in [5.41, 5.74) is 3.08. The molecule has 1 saturated heterocycles. The van der Waals surface area contributed by atoms with E-state index in [4.69, 9.17) is 0 Å². The first-order valence-corrected chi connectivity index (χ1v) is 14.9. The zero-order valence-corrected chi connectivity index (χ0v) is 24.7. The molecule has 0 saturated carbocycles. The van der Waals surface area contributed by atoms with E-state index in [2.05, 4.69) is 46.0 Å². The second-order valence-corrected chi connectivity index (χ2v) is 12.5. The van der Waals surface area contributed by atoms with Gasteiger partial charge in [-0.2, -0.15) is 0 Å². The molecule has 1 atom stereocenters.